The van der Waals surface area contributed by atoms with Crippen LogP contribution in [0.15, 0.2) is 53.4 Å². The fraction of sp³-hybridized carbons (Fsp3) is 0.458. The van der Waals surface area contributed by atoms with Crippen LogP contribution in [0.25, 0.3) is 0 Å². The first kappa shape index (κ1) is 23.5. The number of carbonyl (C=O) groups excluding carboxylic acids is 1. The molecule has 0 unspecified atom stereocenters. The van der Waals surface area contributed by atoms with Crippen LogP contribution in [0.2, 0.25) is 0 Å². The number of nitrogens with zero attached hydrogens (tertiary/aromatic N) is 3. The number of amides is 1. The lowest BCUT2D eigenvalue weighted by Crippen LogP contribution is -2.49. The van der Waals surface area contributed by atoms with Crippen molar-refractivity contribution in [2.24, 2.45) is 0 Å². The van der Waals surface area contributed by atoms with E-state index in [0.717, 1.165) is 44.0 Å². The molecule has 33 heavy (non-hydrogen) atoms. The first-order valence-corrected chi connectivity index (χ1v) is 12.8. The summed E-state index contributed by atoms with van der Waals surface area (Å²) < 4.78 is 37.8. The zero-order valence-electron chi connectivity index (χ0n) is 19.0. The van der Waals surface area contributed by atoms with Gasteiger partial charge in [0.25, 0.3) is 5.91 Å². The van der Waals surface area contributed by atoms with Crippen molar-refractivity contribution in [3.8, 4) is 11.5 Å². The SMILES string of the molecule is COc1ccc(OCCN2CCN(C(=O)c3ccc(S(=O)(=O)N4CCCC4)cc3)CC2)cc1. The molecule has 2 aromatic carbocycles. The van der Waals surface area contributed by atoms with Crippen LogP contribution in [-0.4, -0.2) is 88.0 Å². The van der Waals surface area contributed by atoms with Crippen LogP contribution < -0.4 is 9.47 Å². The first-order chi connectivity index (χ1) is 16.0. The van der Waals surface area contributed by atoms with Crippen LogP contribution in [0.4, 0.5) is 0 Å². The number of benzene rings is 2. The molecule has 2 aromatic rings. The average molecular weight is 474 g/mol. The van der Waals surface area contributed by atoms with Crippen LogP contribution in [0.5, 0.6) is 11.5 Å². The molecular formula is C24H31N3O5S. The summed E-state index contributed by atoms with van der Waals surface area (Å²) in [5.41, 5.74) is 0.520. The molecule has 178 valence electrons. The summed E-state index contributed by atoms with van der Waals surface area (Å²) >= 11 is 0. The van der Waals surface area contributed by atoms with Gasteiger partial charge in [0.05, 0.1) is 12.0 Å². The summed E-state index contributed by atoms with van der Waals surface area (Å²) in [7, 11) is -1.83. The number of hydrogen-bond acceptors (Lipinski definition) is 6. The molecule has 2 aliphatic heterocycles. The minimum Gasteiger partial charge on any atom is -0.497 e. The Hall–Kier alpha value is -2.62. The summed E-state index contributed by atoms with van der Waals surface area (Å²) in [5.74, 6) is 1.54. The lowest BCUT2D eigenvalue weighted by Gasteiger charge is -2.34. The zero-order valence-corrected chi connectivity index (χ0v) is 19.8. The van der Waals surface area contributed by atoms with E-state index in [9.17, 15) is 13.2 Å². The molecule has 1 amide bonds. The van der Waals surface area contributed by atoms with Gasteiger partial charge in [0.1, 0.15) is 18.1 Å². The topological polar surface area (TPSA) is 79.4 Å². The zero-order chi connectivity index (χ0) is 23.3. The lowest BCUT2D eigenvalue weighted by molar-refractivity contribution is 0.0620. The third kappa shape index (κ3) is 5.66. The van der Waals surface area contributed by atoms with Crippen LogP contribution in [0.3, 0.4) is 0 Å². The van der Waals surface area contributed by atoms with E-state index in [1.807, 2.05) is 29.2 Å². The summed E-state index contributed by atoms with van der Waals surface area (Å²) in [6, 6.07) is 13.9. The number of hydrogen-bond donors (Lipinski definition) is 0. The molecule has 4 rings (SSSR count). The van der Waals surface area contributed by atoms with Gasteiger partial charge in [-0.3, -0.25) is 9.69 Å². The van der Waals surface area contributed by atoms with Crippen molar-refractivity contribution in [2.75, 3.05) is 59.5 Å². The first-order valence-electron chi connectivity index (χ1n) is 11.4. The van der Waals surface area contributed by atoms with Gasteiger partial charge in [-0.2, -0.15) is 4.31 Å². The Morgan fingerprint density at radius 1 is 0.848 bits per heavy atom. The fourth-order valence-electron chi connectivity index (χ4n) is 4.17. The Balaban J connectivity index is 1.24. The second-order valence-electron chi connectivity index (χ2n) is 8.29. The molecule has 2 aliphatic rings. The van der Waals surface area contributed by atoms with Crippen LogP contribution in [0, 0.1) is 0 Å². The van der Waals surface area contributed by atoms with Crippen molar-refractivity contribution >= 4 is 15.9 Å². The molecule has 0 saturated carbocycles. The third-order valence-corrected chi connectivity index (χ3v) is 8.11. The molecule has 0 aliphatic carbocycles. The largest absolute Gasteiger partial charge is 0.497 e. The highest BCUT2D eigenvalue weighted by atomic mass is 32.2. The molecule has 0 aromatic heterocycles. The summed E-state index contributed by atoms with van der Waals surface area (Å²) in [6.07, 6.45) is 1.80. The van der Waals surface area contributed by atoms with Gasteiger partial charge in [-0.25, -0.2) is 8.42 Å². The maximum atomic E-state index is 12.9. The Bertz CT molecular complexity index is 1030. The average Bonchev–Trinajstić information content (AvgIpc) is 3.41. The van der Waals surface area contributed by atoms with Gasteiger partial charge in [-0.15, -0.1) is 0 Å². The number of piperazine rings is 1. The minimum atomic E-state index is -3.46. The molecule has 0 atom stereocenters. The number of ether oxygens (including phenoxy) is 2. The normalized spacial score (nSPS) is 17.8. The molecule has 0 radical (unpaired) electrons. The van der Waals surface area contributed by atoms with Gasteiger partial charge in [0, 0.05) is 51.4 Å². The van der Waals surface area contributed by atoms with E-state index in [-0.39, 0.29) is 10.8 Å². The molecule has 8 nitrogen and oxygen atoms in total. The van der Waals surface area contributed by atoms with Gasteiger partial charge in [-0.1, -0.05) is 0 Å². The molecule has 0 spiro atoms. The van der Waals surface area contributed by atoms with E-state index in [1.54, 1.807) is 31.4 Å². The quantitative estimate of drug-likeness (QED) is 0.586. The summed E-state index contributed by atoms with van der Waals surface area (Å²) in [4.78, 5) is 17.2. The Morgan fingerprint density at radius 2 is 1.45 bits per heavy atom. The van der Waals surface area contributed by atoms with Gasteiger partial charge in [0.15, 0.2) is 0 Å². The standard InChI is InChI=1S/C24H31N3O5S/c1-31-21-6-8-22(9-7-21)32-19-18-25-14-16-26(17-15-25)24(28)20-4-10-23(11-5-20)33(29,30)27-12-2-3-13-27/h4-11H,2-3,12-19H2,1H3. The van der Waals surface area contributed by atoms with E-state index in [0.29, 0.717) is 38.3 Å². The Morgan fingerprint density at radius 3 is 2.06 bits per heavy atom. The highest BCUT2D eigenvalue weighted by Gasteiger charge is 2.28. The molecule has 9 heteroatoms. The highest BCUT2D eigenvalue weighted by molar-refractivity contribution is 7.89. The monoisotopic (exact) mass is 473 g/mol. The van der Waals surface area contributed by atoms with Crippen LogP contribution in [-0.2, 0) is 10.0 Å². The minimum absolute atomic E-state index is 0.0609. The number of methoxy groups -OCH3 is 1. The highest BCUT2D eigenvalue weighted by Crippen LogP contribution is 2.22. The van der Waals surface area contributed by atoms with Crippen molar-refractivity contribution in [2.45, 2.75) is 17.7 Å². The predicted octanol–water partition coefficient (Wildman–Crippen LogP) is 2.32. The predicted molar refractivity (Wildman–Crippen MR) is 125 cm³/mol. The summed E-state index contributed by atoms with van der Waals surface area (Å²) in [6.45, 7) is 5.32. The van der Waals surface area contributed by atoms with Crippen molar-refractivity contribution in [3.63, 3.8) is 0 Å². The molecule has 0 bridgehead atoms. The van der Waals surface area contributed by atoms with Crippen LogP contribution >= 0.6 is 0 Å². The maximum Gasteiger partial charge on any atom is 0.253 e. The molecular weight excluding hydrogens is 442 g/mol. The van der Waals surface area contributed by atoms with Crippen molar-refractivity contribution in [1.29, 1.82) is 0 Å². The Kier molecular flexibility index (Phi) is 7.52. The van der Waals surface area contributed by atoms with Gasteiger partial charge in [0.2, 0.25) is 10.0 Å². The van der Waals surface area contributed by atoms with Gasteiger partial charge < -0.3 is 14.4 Å². The molecule has 2 fully saturated rings. The van der Waals surface area contributed by atoms with Crippen molar-refractivity contribution in [3.05, 3.63) is 54.1 Å². The van der Waals surface area contributed by atoms with E-state index >= 15 is 0 Å². The van der Waals surface area contributed by atoms with Gasteiger partial charge in [-0.05, 0) is 61.4 Å². The molecule has 2 saturated heterocycles. The van der Waals surface area contributed by atoms with Crippen molar-refractivity contribution in [1.82, 2.24) is 14.1 Å². The molecule has 0 N–H and O–H groups in total. The third-order valence-electron chi connectivity index (χ3n) is 6.20. The van der Waals surface area contributed by atoms with E-state index in [2.05, 4.69) is 4.90 Å². The number of sulfonamides is 1. The van der Waals surface area contributed by atoms with Gasteiger partial charge >= 0.3 is 0 Å². The second kappa shape index (κ2) is 10.5. The number of carbonyl (C=O) groups is 1. The fourth-order valence-corrected chi connectivity index (χ4v) is 5.69. The number of rotatable bonds is 8. The second-order valence-corrected chi connectivity index (χ2v) is 10.2. The van der Waals surface area contributed by atoms with Crippen LogP contribution in [0.1, 0.15) is 23.2 Å². The van der Waals surface area contributed by atoms with E-state index < -0.39 is 10.0 Å². The smallest absolute Gasteiger partial charge is 0.253 e. The van der Waals surface area contributed by atoms with E-state index in [1.165, 1.54) is 4.31 Å². The molecule has 2 heterocycles. The van der Waals surface area contributed by atoms with Crippen molar-refractivity contribution < 1.29 is 22.7 Å². The lowest BCUT2D eigenvalue weighted by atomic mass is 10.2. The maximum absolute atomic E-state index is 12.9. The summed E-state index contributed by atoms with van der Waals surface area (Å²) in [5, 5.41) is 0. The van der Waals surface area contributed by atoms with E-state index in [4.69, 9.17) is 9.47 Å². The Labute approximate surface area is 195 Å².